The second-order valence-corrected chi connectivity index (χ2v) is 6.13. The van der Waals surface area contributed by atoms with Crippen LogP contribution in [0.5, 0.6) is 0 Å². The quantitative estimate of drug-likeness (QED) is 0.387. The summed E-state index contributed by atoms with van der Waals surface area (Å²) in [6.07, 6.45) is 1.19. The molecule has 4 nitrogen and oxygen atoms in total. The van der Waals surface area contributed by atoms with E-state index in [2.05, 4.69) is 5.43 Å². The molecule has 1 heterocycles. The van der Waals surface area contributed by atoms with Gasteiger partial charge in [-0.25, -0.2) is 5.84 Å². The van der Waals surface area contributed by atoms with Crippen molar-refractivity contribution in [2.24, 2.45) is 5.84 Å². The van der Waals surface area contributed by atoms with E-state index in [1.165, 1.54) is 0 Å². The van der Waals surface area contributed by atoms with Gasteiger partial charge in [0, 0.05) is 10.6 Å². The highest BCUT2D eigenvalue weighted by atomic mass is 35.5. The van der Waals surface area contributed by atoms with Crippen LogP contribution in [-0.4, -0.2) is 23.9 Å². The molecule has 0 radical (unpaired) electrons. The first-order valence-electron chi connectivity index (χ1n) is 5.84. The molecule has 0 bridgehead atoms. The van der Waals surface area contributed by atoms with Crippen LogP contribution in [0.15, 0.2) is 23.1 Å². The molecule has 1 fully saturated rings. The number of benzene rings is 1. The van der Waals surface area contributed by atoms with E-state index in [0.29, 0.717) is 16.5 Å². The Morgan fingerprint density at radius 3 is 2.89 bits per heavy atom. The fourth-order valence-corrected chi connectivity index (χ4v) is 3.22. The van der Waals surface area contributed by atoms with Gasteiger partial charge in [-0.2, -0.15) is 0 Å². The van der Waals surface area contributed by atoms with Gasteiger partial charge in [-0.15, -0.1) is 11.8 Å². The standard InChI is InChI=1S/C12H14Cl2N2O2S/c13-9-3-2-8(5-10(9)14)19-6-7-1-4-11(18-7)12(17)16-15/h2-3,5,7,11H,1,4,6,15H2,(H,16,17). The molecule has 2 rings (SSSR count). The third kappa shape index (κ3) is 4.00. The number of hydrazine groups is 1. The maximum absolute atomic E-state index is 11.3. The van der Waals surface area contributed by atoms with Crippen LogP contribution in [0.25, 0.3) is 0 Å². The van der Waals surface area contributed by atoms with Crippen molar-refractivity contribution in [3.8, 4) is 0 Å². The zero-order valence-electron chi connectivity index (χ0n) is 10.1. The van der Waals surface area contributed by atoms with Gasteiger partial charge in [-0.1, -0.05) is 23.2 Å². The summed E-state index contributed by atoms with van der Waals surface area (Å²) >= 11 is 13.4. The van der Waals surface area contributed by atoms with Gasteiger partial charge in [0.2, 0.25) is 0 Å². The average molecular weight is 321 g/mol. The smallest absolute Gasteiger partial charge is 0.263 e. The Balaban J connectivity index is 1.83. The van der Waals surface area contributed by atoms with Crippen molar-refractivity contribution < 1.29 is 9.53 Å². The normalized spacial score (nSPS) is 22.5. The first-order chi connectivity index (χ1) is 9.10. The third-order valence-corrected chi connectivity index (χ3v) is 4.73. The fraction of sp³-hybridized carbons (Fsp3) is 0.417. The topological polar surface area (TPSA) is 64.3 Å². The Bertz CT molecular complexity index is 473. The van der Waals surface area contributed by atoms with E-state index in [0.717, 1.165) is 17.1 Å². The molecule has 1 amide bonds. The number of hydrogen-bond donors (Lipinski definition) is 2. The number of carbonyl (C=O) groups excluding carboxylic acids is 1. The minimum atomic E-state index is -0.426. The van der Waals surface area contributed by atoms with Gasteiger partial charge in [0.15, 0.2) is 0 Å². The first kappa shape index (κ1) is 14.9. The summed E-state index contributed by atoms with van der Waals surface area (Å²) < 4.78 is 5.62. The zero-order chi connectivity index (χ0) is 13.8. The van der Waals surface area contributed by atoms with Crippen molar-refractivity contribution in [2.75, 3.05) is 5.75 Å². The van der Waals surface area contributed by atoms with Crippen LogP contribution in [0.2, 0.25) is 10.0 Å². The molecule has 0 aromatic heterocycles. The van der Waals surface area contributed by atoms with Crippen molar-refractivity contribution in [3.63, 3.8) is 0 Å². The summed E-state index contributed by atoms with van der Waals surface area (Å²) in [5.74, 6) is 5.59. The van der Waals surface area contributed by atoms with E-state index in [4.69, 9.17) is 33.8 Å². The van der Waals surface area contributed by atoms with E-state index in [1.54, 1.807) is 17.8 Å². The molecule has 0 aliphatic carbocycles. The number of carbonyl (C=O) groups is 1. The Labute approximate surface area is 125 Å². The number of ether oxygens (including phenoxy) is 1. The van der Waals surface area contributed by atoms with Crippen LogP contribution in [0.3, 0.4) is 0 Å². The number of nitrogens with one attached hydrogen (secondary N) is 1. The molecule has 1 aromatic carbocycles. The van der Waals surface area contributed by atoms with Crippen molar-refractivity contribution >= 4 is 40.9 Å². The molecule has 2 atom stereocenters. The van der Waals surface area contributed by atoms with Gasteiger partial charge in [-0.3, -0.25) is 10.2 Å². The predicted molar refractivity (Wildman–Crippen MR) is 77.4 cm³/mol. The summed E-state index contributed by atoms with van der Waals surface area (Å²) in [5, 5.41) is 1.09. The summed E-state index contributed by atoms with van der Waals surface area (Å²) in [7, 11) is 0. The lowest BCUT2D eigenvalue weighted by molar-refractivity contribution is -0.131. The molecule has 1 aromatic rings. The lowest BCUT2D eigenvalue weighted by Crippen LogP contribution is -2.39. The summed E-state index contributed by atoms with van der Waals surface area (Å²) in [6, 6.07) is 5.51. The van der Waals surface area contributed by atoms with Crippen molar-refractivity contribution in [3.05, 3.63) is 28.2 Å². The lowest BCUT2D eigenvalue weighted by Gasteiger charge is -2.12. The van der Waals surface area contributed by atoms with Crippen molar-refractivity contribution in [1.82, 2.24) is 5.43 Å². The molecule has 3 N–H and O–H groups in total. The number of halogens is 2. The van der Waals surface area contributed by atoms with Crippen molar-refractivity contribution in [2.45, 2.75) is 29.9 Å². The predicted octanol–water partition coefficient (Wildman–Crippen LogP) is 2.62. The number of thioether (sulfide) groups is 1. The van der Waals surface area contributed by atoms with E-state index >= 15 is 0 Å². The van der Waals surface area contributed by atoms with E-state index in [-0.39, 0.29) is 12.0 Å². The molecular weight excluding hydrogens is 307 g/mol. The molecular formula is C12H14Cl2N2O2S. The van der Waals surface area contributed by atoms with Gasteiger partial charge >= 0.3 is 0 Å². The molecule has 7 heteroatoms. The average Bonchev–Trinajstić information content (AvgIpc) is 2.88. The number of amides is 1. The largest absolute Gasteiger partial charge is 0.364 e. The zero-order valence-corrected chi connectivity index (χ0v) is 12.4. The SMILES string of the molecule is NNC(=O)C1CCC(CSc2ccc(Cl)c(Cl)c2)O1. The Kier molecular flexibility index (Phi) is 5.36. The number of nitrogens with two attached hydrogens (primary N) is 1. The second-order valence-electron chi connectivity index (χ2n) is 4.22. The minimum absolute atomic E-state index is 0.0572. The third-order valence-electron chi connectivity index (χ3n) is 2.87. The van der Waals surface area contributed by atoms with Crippen LogP contribution in [-0.2, 0) is 9.53 Å². The Morgan fingerprint density at radius 1 is 1.42 bits per heavy atom. The molecule has 1 aliphatic rings. The highest BCUT2D eigenvalue weighted by Crippen LogP contribution is 2.30. The monoisotopic (exact) mass is 320 g/mol. The molecule has 104 valence electrons. The number of hydrogen-bond acceptors (Lipinski definition) is 4. The summed E-state index contributed by atoms with van der Waals surface area (Å²) in [5.41, 5.74) is 2.11. The van der Waals surface area contributed by atoms with Crippen LogP contribution in [0, 0.1) is 0 Å². The maximum atomic E-state index is 11.3. The highest BCUT2D eigenvalue weighted by Gasteiger charge is 2.30. The minimum Gasteiger partial charge on any atom is -0.364 e. The van der Waals surface area contributed by atoms with E-state index in [9.17, 15) is 4.79 Å². The van der Waals surface area contributed by atoms with Crippen LogP contribution < -0.4 is 11.3 Å². The molecule has 1 aliphatic heterocycles. The number of rotatable bonds is 4. The van der Waals surface area contributed by atoms with Gasteiger partial charge in [-0.05, 0) is 31.0 Å². The van der Waals surface area contributed by atoms with Gasteiger partial charge in [0.05, 0.1) is 16.1 Å². The lowest BCUT2D eigenvalue weighted by atomic mass is 10.2. The highest BCUT2D eigenvalue weighted by molar-refractivity contribution is 7.99. The summed E-state index contributed by atoms with van der Waals surface area (Å²) in [6.45, 7) is 0. The van der Waals surface area contributed by atoms with Gasteiger partial charge < -0.3 is 4.74 Å². The molecule has 2 unspecified atom stereocenters. The molecule has 19 heavy (non-hydrogen) atoms. The first-order valence-corrected chi connectivity index (χ1v) is 7.58. The Hall–Kier alpha value is -0.460. The van der Waals surface area contributed by atoms with Crippen LogP contribution in [0.1, 0.15) is 12.8 Å². The van der Waals surface area contributed by atoms with Crippen LogP contribution >= 0.6 is 35.0 Å². The van der Waals surface area contributed by atoms with Gasteiger partial charge in [0.1, 0.15) is 6.10 Å². The molecule has 1 saturated heterocycles. The fourth-order valence-electron chi connectivity index (χ4n) is 1.87. The Morgan fingerprint density at radius 2 is 2.21 bits per heavy atom. The van der Waals surface area contributed by atoms with E-state index in [1.807, 2.05) is 12.1 Å². The van der Waals surface area contributed by atoms with E-state index < -0.39 is 6.10 Å². The molecule has 0 saturated carbocycles. The van der Waals surface area contributed by atoms with Crippen LogP contribution in [0.4, 0.5) is 0 Å². The summed E-state index contributed by atoms with van der Waals surface area (Å²) in [4.78, 5) is 12.3. The van der Waals surface area contributed by atoms with Gasteiger partial charge in [0.25, 0.3) is 5.91 Å². The second kappa shape index (κ2) is 6.81. The molecule has 0 spiro atoms. The maximum Gasteiger partial charge on any atom is 0.263 e. The van der Waals surface area contributed by atoms with Crippen molar-refractivity contribution in [1.29, 1.82) is 0 Å².